The Morgan fingerprint density at radius 1 is 1.06 bits per heavy atom. The van der Waals surface area contributed by atoms with Gasteiger partial charge in [0.25, 0.3) is 0 Å². The third kappa shape index (κ3) is 8.35. The number of benzene rings is 2. The largest absolute Gasteiger partial charge is 0.453 e. The zero-order valence-electron chi connectivity index (χ0n) is 28.7. The molecule has 16 nitrogen and oxygen atoms in total. The Kier molecular flexibility index (Phi) is 10.5. The molecule has 4 amide bonds. The van der Waals surface area contributed by atoms with Gasteiger partial charge in [0.05, 0.1) is 37.3 Å². The van der Waals surface area contributed by atoms with E-state index in [1.807, 2.05) is 20.8 Å². The number of rotatable bonds is 9. The van der Waals surface area contributed by atoms with Crippen LogP contribution in [0.3, 0.4) is 0 Å². The summed E-state index contributed by atoms with van der Waals surface area (Å²) >= 11 is 12.9. The Morgan fingerprint density at radius 3 is 2.44 bits per heavy atom. The van der Waals surface area contributed by atoms with E-state index in [9.17, 15) is 19.2 Å². The first-order chi connectivity index (χ1) is 24.8. The summed E-state index contributed by atoms with van der Waals surface area (Å²) in [5, 5.41) is 17.4. The maximum absolute atomic E-state index is 13.9. The summed E-state index contributed by atoms with van der Waals surface area (Å²) in [5.74, 6) is -0.496. The van der Waals surface area contributed by atoms with Gasteiger partial charge in [0.15, 0.2) is 0 Å². The van der Waals surface area contributed by atoms with E-state index >= 15 is 0 Å². The van der Waals surface area contributed by atoms with Crippen molar-refractivity contribution in [1.82, 2.24) is 45.3 Å². The highest BCUT2D eigenvalue weighted by Crippen LogP contribution is 2.34. The minimum absolute atomic E-state index is 0.145. The molecule has 0 radical (unpaired) electrons. The van der Waals surface area contributed by atoms with Crippen LogP contribution >= 0.6 is 23.2 Å². The van der Waals surface area contributed by atoms with Crippen molar-refractivity contribution in [3.05, 3.63) is 76.4 Å². The molecule has 2 aromatic carbocycles. The number of nitrogens with one attached hydrogen (secondary N) is 3. The number of hydrogen-bond donors (Lipinski definition) is 3. The van der Waals surface area contributed by atoms with Crippen molar-refractivity contribution in [2.75, 3.05) is 25.5 Å². The van der Waals surface area contributed by atoms with Crippen LogP contribution in [0, 0.1) is 0 Å². The number of carbonyl (C=O) groups excluding carboxylic acids is 4. The summed E-state index contributed by atoms with van der Waals surface area (Å²) in [6, 6.07) is 10.5. The molecule has 0 aliphatic carbocycles. The summed E-state index contributed by atoms with van der Waals surface area (Å²) in [5.41, 5.74) is 2.01. The molecule has 6 rings (SSSR count). The minimum Gasteiger partial charge on any atom is -0.453 e. The maximum atomic E-state index is 13.9. The fourth-order valence-corrected chi connectivity index (χ4v) is 6.58. The Morgan fingerprint density at radius 2 is 1.79 bits per heavy atom. The number of anilines is 1. The Labute approximate surface area is 308 Å². The van der Waals surface area contributed by atoms with Gasteiger partial charge >= 0.3 is 12.2 Å². The van der Waals surface area contributed by atoms with E-state index in [0.29, 0.717) is 52.7 Å². The summed E-state index contributed by atoms with van der Waals surface area (Å²) in [6.45, 7) is 6.13. The van der Waals surface area contributed by atoms with Crippen molar-refractivity contribution in [1.29, 1.82) is 0 Å². The molecule has 3 N–H and O–H groups in total. The smallest absolute Gasteiger partial charge is 0.411 e. The lowest BCUT2D eigenvalue weighted by molar-refractivity contribution is -0.134. The number of hydrogen-bond acceptors (Lipinski definition) is 10. The normalized spacial score (nSPS) is 17.3. The molecule has 4 aromatic rings. The number of ether oxygens (including phenoxy) is 2. The predicted molar refractivity (Wildman–Crippen MR) is 191 cm³/mol. The lowest BCUT2D eigenvalue weighted by Gasteiger charge is -2.35. The second-order valence-corrected chi connectivity index (χ2v) is 14.1. The molecule has 2 fully saturated rings. The van der Waals surface area contributed by atoms with Crippen LogP contribution < -0.4 is 10.6 Å². The number of imidazole rings is 1. The summed E-state index contributed by atoms with van der Waals surface area (Å²) < 4.78 is 11.6. The van der Waals surface area contributed by atoms with E-state index in [-0.39, 0.29) is 35.4 Å². The second-order valence-electron chi connectivity index (χ2n) is 13.3. The van der Waals surface area contributed by atoms with E-state index < -0.39 is 29.7 Å². The van der Waals surface area contributed by atoms with E-state index in [2.05, 4.69) is 35.9 Å². The minimum atomic E-state index is -0.921. The molecule has 3 atom stereocenters. The number of piperazine rings is 1. The quantitative estimate of drug-likeness (QED) is 0.196. The molecule has 52 heavy (non-hydrogen) atoms. The molecule has 4 heterocycles. The van der Waals surface area contributed by atoms with Crippen molar-refractivity contribution in [2.24, 2.45) is 0 Å². The highest BCUT2D eigenvalue weighted by molar-refractivity contribution is 6.32. The van der Waals surface area contributed by atoms with Crippen LogP contribution in [0.4, 0.5) is 15.3 Å². The molecule has 2 aromatic heterocycles. The molecule has 18 heteroatoms. The zero-order valence-corrected chi connectivity index (χ0v) is 30.2. The average Bonchev–Trinajstić information content (AvgIpc) is 3.92. The average molecular weight is 752 g/mol. The number of nitrogens with zero attached hydrogens (tertiary/aromatic N) is 7. The van der Waals surface area contributed by atoms with Crippen molar-refractivity contribution in [2.45, 2.75) is 57.3 Å². The molecule has 2 aliphatic heterocycles. The maximum Gasteiger partial charge on any atom is 0.411 e. The SMILES string of the molecule is COC(=O)Nc1ccc(-c2nc([C@H](CC(=O)N3C[C@@H]4C[C@H]3CN4C(=O)OC(C)(C)C)NC(=O)/C=C/c3cc(Cl)ccc3-n3cnnn3)[nH]c2Cl)cc1. The number of aromatic amines is 1. The van der Waals surface area contributed by atoms with Crippen LogP contribution in [-0.4, -0.2) is 102 Å². The first-order valence-corrected chi connectivity index (χ1v) is 17.0. The number of methoxy groups -OCH3 is 1. The van der Waals surface area contributed by atoms with E-state index in [4.69, 9.17) is 32.9 Å². The van der Waals surface area contributed by atoms with E-state index in [1.165, 1.54) is 24.2 Å². The molecule has 2 bridgehead atoms. The molecule has 0 saturated carbocycles. The lowest BCUT2D eigenvalue weighted by atomic mass is 10.1. The number of carbonyl (C=O) groups is 4. The summed E-state index contributed by atoms with van der Waals surface area (Å²) in [6.07, 6.45) is 3.76. The number of fused-ring (bicyclic) bond motifs is 2. The molecule has 2 saturated heterocycles. The van der Waals surface area contributed by atoms with Crippen molar-refractivity contribution >= 4 is 59.0 Å². The fourth-order valence-electron chi connectivity index (χ4n) is 6.15. The van der Waals surface area contributed by atoms with Crippen LogP contribution in [0.5, 0.6) is 0 Å². The van der Waals surface area contributed by atoms with Gasteiger partial charge in [0.1, 0.15) is 28.6 Å². The van der Waals surface area contributed by atoms with Crippen LogP contribution in [0.2, 0.25) is 10.2 Å². The Bertz CT molecular complexity index is 1990. The number of aromatic nitrogens is 6. The van der Waals surface area contributed by atoms with Crippen molar-refractivity contribution in [3.63, 3.8) is 0 Å². The highest BCUT2D eigenvalue weighted by Gasteiger charge is 2.48. The monoisotopic (exact) mass is 750 g/mol. The number of halogens is 2. The first-order valence-electron chi connectivity index (χ1n) is 16.3. The molecular formula is C34H36Cl2N10O6. The van der Waals surface area contributed by atoms with E-state index in [1.54, 1.807) is 58.3 Å². The summed E-state index contributed by atoms with van der Waals surface area (Å²) in [4.78, 5) is 62.9. The fraction of sp³-hybridized carbons (Fsp3) is 0.353. The molecule has 2 aliphatic rings. The number of likely N-dealkylation sites (tertiary alicyclic amines) is 2. The van der Waals surface area contributed by atoms with Gasteiger partial charge in [-0.15, -0.1) is 5.10 Å². The number of H-pyrrole nitrogens is 1. The standard InChI is InChI=1S/C34H36Cl2N10O6/c1-34(2,3)52-33(50)45-17-23-14-24(45)16-44(23)28(48)15-25(31-40-29(30(36)41-31)19-5-9-22(10-6-19)38-32(49)51-4)39-27(47)12-7-20-13-21(35)8-11-26(20)46-18-37-42-43-46/h5-13,18,23-25H,14-17H2,1-4H3,(H,38,49)(H,39,47)(H,40,41)/b12-7+/t23-,24-,25-/m0/s1. The highest BCUT2D eigenvalue weighted by atomic mass is 35.5. The third-order valence-electron chi connectivity index (χ3n) is 8.48. The Balaban J connectivity index is 1.22. The van der Waals surface area contributed by atoms with Gasteiger partial charge in [-0.1, -0.05) is 35.3 Å². The Hall–Kier alpha value is -5.48. The van der Waals surface area contributed by atoms with Gasteiger partial charge in [-0.25, -0.2) is 14.6 Å². The van der Waals surface area contributed by atoms with E-state index in [0.717, 1.165) is 0 Å². The van der Waals surface area contributed by atoms with Crippen LogP contribution in [-0.2, 0) is 19.1 Å². The second kappa shape index (κ2) is 15.0. The third-order valence-corrected chi connectivity index (χ3v) is 8.99. The molecular weight excluding hydrogens is 715 g/mol. The summed E-state index contributed by atoms with van der Waals surface area (Å²) in [7, 11) is 1.27. The first kappa shape index (κ1) is 36.3. The molecule has 0 spiro atoms. The molecule has 0 unspecified atom stereocenters. The van der Waals surface area contributed by atoms with Gasteiger partial charge in [0, 0.05) is 41.0 Å². The van der Waals surface area contributed by atoms with Crippen molar-refractivity contribution in [3.8, 4) is 16.9 Å². The predicted octanol–water partition coefficient (Wildman–Crippen LogP) is 5.02. The van der Waals surface area contributed by atoms with Gasteiger partial charge in [-0.3, -0.25) is 14.9 Å². The van der Waals surface area contributed by atoms with Gasteiger partial charge in [0.2, 0.25) is 11.8 Å². The lowest BCUT2D eigenvalue weighted by Crippen LogP contribution is -2.52. The number of amides is 4. The van der Waals surface area contributed by atoms with Crippen molar-refractivity contribution < 1.29 is 28.7 Å². The van der Waals surface area contributed by atoms with Gasteiger partial charge in [-0.05, 0) is 74.0 Å². The van der Waals surface area contributed by atoms with Crippen LogP contribution in [0.15, 0.2) is 54.9 Å². The van der Waals surface area contributed by atoms with Gasteiger partial charge in [-0.2, -0.15) is 4.68 Å². The molecule has 272 valence electrons. The van der Waals surface area contributed by atoms with Crippen LogP contribution in [0.25, 0.3) is 23.0 Å². The topological polar surface area (TPSA) is 190 Å². The zero-order chi connectivity index (χ0) is 37.2. The van der Waals surface area contributed by atoms with Gasteiger partial charge < -0.3 is 29.6 Å². The van der Waals surface area contributed by atoms with Crippen LogP contribution in [0.1, 0.15) is 51.0 Å². The number of tetrazole rings is 1.